The first-order valence-corrected chi connectivity index (χ1v) is 8.16. The average molecular weight is 325 g/mol. The fourth-order valence-corrected chi connectivity index (χ4v) is 2.98. The molecule has 3 heterocycles. The smallest absolute Gasteiger partial charge is 0.245 e. The lowest BCUT2D eigenvalue weighted by atomic mass is 10.1. The van der Waals surface area contributed by atoms with Crippen LogP contribution in [0.2, 0.25) is 0 Å². The van der Waals surface area contributed by atoms with Crippen molar-refractivity contribution >= 4 is 11.6 Å². The van der Waals surface area contributed by atoms with Crippen molar-refractivity contribution in [3.8, 4) is 11.1 Å². The summed E-state index contributed by atoms with van der Waals surface area (Å²) in [6.45, 7) is 5.69. The zero-order chi connectivity index (χ0) is 16.7. The molecule has 0 spiro atoms. The van der Waals surface area contributed by atoms with Gasteiger partial charge in [0.05, 0.1) is 0 Å². The van der Waals surface area contributed by atoms with E-state index in [0.29, 0.717) is 5.95 Å². The SMILES string of the molecule is Cc1ccc(-c2cc(F)c3nc(N4CCN(C)CC4)nn3c2)cc1. The van der Waals surface area contributed by atoms with Crippen molar-refractivity contribution in [1.29, 1.82) is 0 Å². The maximum Gasteiger partial charge on any atom is 0.245 e. The first kappa shape index (κ1) is 15.1. The van der Waals surface area contributed by atoms with Crippen LogP contribution < -0.4 is 4.90 Å². The van der Waals surface area contributed by atoms with Crippen LogP contribution in [0.3, 0.4) is 0 Å². The van der Waals surface area contributed by atoms with Crippen molar-refractivity contribution in [3.05, 3.63) is 47.9 Å². The second-order valence-electron chi connectivity index (χ2n) is 6.41. The van der Waals surface area contributed by atoms with Crippen LogP contribution in [-0.4, -0.2) is 52.7 Å². The zero-order valence-corrected chi connectivity index (χ0v) is 13.9. The van der Waals surface area contributed by atoms with Crippen LogP contribution in [0.5, 0.6) is 0 Å². The van der Waals surface area contributed by atoms with Gasteiger partial charge >= 0.3 is 0 Å². The number of rotatable bonds is 2. The van der Waals surface area contributed by atoms with E-state index in [1.807, 2.05) is 37.4 Å². The molecule has 0 N–H and O–H groups in total. The number of likely N-dealkylation sites (N-methyl/N-ethyl adjacent to an activating group) is 1. The van der Waals surface area contributed by atoms with E-state index in [1.165, 1.54) is 11.6 Å². The third-order valence-electron chi connectivity index (χ3n) is 4.55. The summed E-state index contributed by atoms with van der Waals surface area (Å²) < 4.78 is 16.1. The summed E-state index contributed by atoms with van der Waals surface area (Å²) in [6, 6.07) is 9.56. The molecule has 1 fully saturated rings. The molecule has 124 valence electrons. The molecule has 0 unspecified atom stereocenters. The minimum absolute atomic E-state index is 0.278. The Balaban J connectivity index is 1.71. The number of hydrogen-bond acceptors (Lipinski definition) is 4. The minimum atomic E-state index is -0.346. The fraction of sp³-hybridized carbons (Fsp3) is 0.333. The summed E-state index contributed by atoms with van der Waals surface area (Å²) in [7, 11) is 2.10. The molecule has 0 radical (unpaired) electrons. The number of benzene rings is 1. The van der Waals surface area contributed by atoms with E-state index in [2.05, 4.69) is 26.9 Å². The molecule has 6 heteroatoms. The van der Waals surface area contributed by atoms with Gasteiger partial charge in [0, 0.05) is 37.9 Å². The van der Waals surface area contributed by atoms with E-state index >= 15 is 0 Å². The number of nitrogens with zero attached hydrogens (tertiary/aromatic N) is 5. The summed E-state index contributed by atoms with van der Waals surface area (Å²) in [5.74, 6) is 0.254. The van der Waals surface area contributed by atoms with Gasteiger partial charge in [0.15, 0.2) is 11.5 Å². The molecule has 0 atom stereocenters. The van der Waals surface area contributed by atoms with Gasteiger partial charge in [-0.3, -0.25) is 0 Å². The summed E-state index contributed by atoms with van der Waals surface area (Å²) in [6.07, 6.45) is 1.84. The zero-order valence-electron chi connectivity index (χ0n) is 13.9. The van der Waals surface area contributed by atoms with Crippen LogP contribution in [0, 0.1) is 12.7 Å². The van der Waals surface area contributed by atoms with Crippen LogP contribution in [0.1, 0.15) is 5.56 Å². The number of hydrogen-bond donors (Lipinski definition) is 0. The molecule has 5 nitrogen and oxygen atoms in total. The Bertz CT molecular complexity index is 863. The highest BCUT2D eigenvalue weighted by atomic mass is 19.1. The second-order valence-corrected chi connectivity index (χ2v) is 6.41. The Kier molecular flexibility index (Phi) is 3.69. The number of anilines is 1. The Labute approximate surface area is 140 Å². The van der Waals surface area contributed by atoms with Gasteiger partial charge in [0.25, 0.3) is 0 Å². The molecule has 0 aliphatic carbocycles. The number of aromatic nitrogens is 3. The Morgan fingerprint density at radius 2 is 1.71 bits per heavy atom. The van der Waals surface area contributed by atoms with Gasteiger partial charge in [-0.25, -0.2) is 8.91 Å². The number of fused-ring (bicyclic) bond motifs is 1. The summed E-state index contributed by atoms with van der Waals surface area (Å²) in [4.78, 5) is 8.77. The predicted molar refractivity (Wildman–Crippen MR) is 92.8 cm³/mol. The monoisotopic (exact) mass is 325 g/mol. The molecule has 2 aromatic heterocycles. The van der Waals surface area contributed by atoms with Crippen LogP contribution in [0.25, 0.3) is 16.8 Å². The van der Waals surface area contributed by atoms with Crippen molar-refractivity contribution < 1.29 is 4.39 Å². The molecule has 1 aliphatic rings. The topological polar surface area (TPSA) is 36.7 Å². The standard InChI is InChI=1S/C18H20FN5/c1-13-3-5-14(6-4-13)15-11-16(19)17-20-18(21-24(17)12-15)23-9-7-22(2)8-10-23/h3-6,11-12H,7-10H2,1-2H3. The molecule has 1 aromatic carbocycles. The molecular weight excluding hydrogens is 305 g/mol. The third-order valence-corrected chi connectivity index (χ3v) is 4.55. The fourth-order valence-electron chi connectivity index (χ4n) is 2.98. The van der Waals surface area contributed by atoms with E-state index in [4.69, 9.17) is 0 Å². The maximum atomic E-state index is 14.5. The Morgan fingerprint density at radius 3 is 2.42 bits per heavy atom. The van der Waals surface area contributed by atoms with E-state index in [-0.39, 0.29) is 11.5 Å². The van der Waals surface area contributed by atoms with Crippen molar-refractivity contribution in [1.82, 2.24) is 19.5 Å². The molecule has 4 rings (SSSR count). The van der Waals surface area contributed by atoms with E-state index in [1.54, 1.807) is 4.52 Å². The van der Waals surface area contributed by atoms with Crippen molar-refractivity contribution in [2.45, 2.75) is 6.92 Å². The molecule has 0 amide bonds. The molecule has 1 saturated heterocycles. The quantitative estimate of drug-likeness (QED) is 0.726. The van der Waals surface area contributed by atoms with Gasteiger partial charge in [-0.15, -0.1) is 5.10 Å². The minimum Gasteiger partial charge on any atom is -0.337 e. The van der Waals surface area contributed by atoms with Gasteiger partial charge in [0.2, 0.25) is 5.95 Å². The lowest BCUT2D eigenvalue weighted by Gasteiger charge is -2.31. The molecule has 0 bridgehead atoms. The van der Waals surface area contributed by atoms with E-state index in [9.17, 15) is 4.39 Å². The maximum absolute atomic E-state index is 14.5. The number of aryl methyl sites for hydroxylation is 1. The van der Waals surface area contributed by atoms with Crippen molar-refractivity contribution in [2.75, 3.05) is 38.1 Å². The van der Waals surface area contributed by atoms with Crippen molar-refractivity contribution in [3.63, 3.8) is 0 Å². The highest BCUT2D eigenvalue weighted by Crippen LogP contribution is 2.23. The van der Waals surface area contributed by atoms with Crippen LogP contribution in [-0.2, 0) is 0 Å². The normalized spacial score (nSPS) is 16.0. The molecule has 0 saturated carbocycles. The Morgan fingerprint density at radius 1 is 1.00 bits per heavy atom. The van der Waals surface area contributed by atoms with Gasteiger partial charge < -0.3 is 9.80 Å². The summed E-state index contributed by atoms with van der Waals surface area (Å²) in [5, 5.41) is 4.50. The second kappa shape index (κ2) is 5.87. The summed E-state index contributed by atoms with van der Waals surface area (Å²) >= 11 is 0. The van der Waals surface area contributed by atoms with Gasteiger partial charge in [0.1, 0.15) is 0 Å². The lowest BCUT2D eigenvalue weighted by Crippen LogP contribution is -2.44. The van der Waals surface area contributed by atoms with Gasteiger partial charge in [-0.1, -0.05) is 29.8 Å². The number of pyridine rings is 1. The molecule has 3 aromatic rings. The van der Waals surface area contributed by atoms with E-state index < -0.39 is 0 Å². The highest BCUT2D eigenvalue weighted by Gasteiger charge is 2.19. The number of halogens is 1. The van der Waals surface area contributed by atoms with Gasteiger partial charge in [-0.05, 0) is 25.6 Å². The molecule has 24 heavy (non-hydrogen) atoms. The van der Waals surface area contributed by atoms with Crippen LogP contribution in [0.4, 0.5) is 10.3 Å². The first-order chi connectivity index (χ1) is 11.6. The van der Waals surface area contributed by atoms with E-state index in [0.717, 1.165) is 37.3 Å². The predicted octanol–water partition coefficient (Wildman–Crippen LogP) is 2.60. The molecule has 1 aliphatic heterocycles. The van der Waals surface area contributed by atoms with Gasteiger partial charge in [-0.2, -0.15) is 4.98 Å². The van der Waals surface area contributed by atoms with Crippen LogP contribution in [0.15, 0.2) is 36.5 Å². The average Bonchev–Trinajstić information content (AvgIpc) is 3.01. The summed E-state index contributed by atoms with van der Waals surface area (Å²) in [5.41, 5.74) is 3.23. The van der Waals surface area contributed by atoms with Crippen molar-refractivity contribution in [2.24, 2.45) is 0 Å². The number of piperazine rings is 1. The lowest BCUT2D eigenvalue weighted by molar-refractivity contribution is 0.311. The first-order valence-electron chi connectivity index (χ1n) is 8.16. The largest absolute Gasteiger partial charge is 0.337 e. The van der Waals surface area contributed by atoms with Crippen LogP contribution >= 0.6 is 0 Å². The third kappa shape index (κ3) is 2.73. The highest BCUT2D eigenvalue weighted by molar-refractivity contribution is 5.65. The Hall–Kier alpha value is -2.47. The molecular formula is C18H20FN5.